The maximum Gasteiger partial charge on any atom is 0.248 e. The highest BCUT2D eigenvalue weighted by Crippen LogP contribution is 2.29. The number of aromatic nitrogens is 2. The molecule has 1 N–H and O–H groups in total. The first kappa shape index (κ1) is 13.4. The van der Waals surface area contributed by atoms with Crippen LogP contribution in [0, 0.1) is 13.8 Å². The summed E-state index contributed by atoms with van der Waals surface area (Å²) in [7, 11) is 0. The van der Waals surface area contributed by atoms with Crippen LogP contribution in [0.25, 0.3) is 0 Å². The monoisotopic (exact) mass is 282 g/mol. The van der Waals surface area contributed by atoms with Crippen molar-refractivity contribution >= 4 is 11.6 Å². The average Bonchev–Trinajstić information content (AvgIpc) is 2.43. The van der Waals surface area contributed by atoms with E-state index in [-0.39, 0.29) is 22.7 Å². The zero-order valence-corrected chi connectivity index (χ0v) is 12.0. The summed E-state index contributed by atoms with van der Waals surface area (Å²) in [6.45, 7) is 5.48. The summed E-state index contributed by atoms with van der Waals surface area (Å²) in [5.74, 6) is -0.628. The second kappa shape index (κ2) is 4.48. The third kappa shape index (κ3) is 1.77. The zero-order chi connectivity index (χ0) is 15.3. The summed E-state index contributed by atoms with van der Waals surface area (Å²) in [6, 6.07) is 1.34. The summed E-state index contributed by atoms with van der Waals surface area (Å²) < 4.78 is 0. The fourth-order valence-corrected chi connectivity index (χ4v) is 2.91. The van der Waals surface area contributed by atoms with Gasteiger partial charge >= 0.3 is 0 Å². The van der Waals surface area contributed by atoms with Gasteiger partial charge in [-0.05, 0) is 37.0 Å². The van der Waals surface area contributed by atoms with Gasteiger partial charge in [0, 0.05) is 12.3 Å². The highest BCUT2D eigenvalue weighted by Gasteiger charge is 2.35. The molecule has 0 saturated carbocycles. The molecule has 0 unspecified atom stereocenters. The quantitative estimate of drug-likeness (QED) is 0.737. The van der Waals surface area contributed by atoms with Crippen LogP contribution >= 0.6 is 0 Å². The van der Waals surface area contributed by atoms with Crippen LogP contribution in [0.15, 0.2) is 17.1 Å². The minimum absolute atomic E-state index is 0.0518. The fraction of sp³-hybridized carbons (Fsp3) is 0.250. The first-order valence-corrected chi connectivity index (χ1v) is 6.77. The Labute approximate surface area is 121 Å². The van der Waals surface area contributed by atoms with Crippen molar-refractivity contribution in [2.75, 3.05) is 0 Å². The number of fused-ring (bicyclic) bond motifs is 2. The molecule has 3 rings (SSSR count). The summed E-state index contributed by atoms with van der Waals surface area (Å²) in [5.41, 5.74) is 2.71. The van der Waals surface area contributed by atoms with Crippen molar-refractivity contribution in [3.8, 4) is 0 Å². The molecule has 5 nitrogen and oxygen atoms in total. The lowest BCUT2D eigenvalue weighted by atomic mass is 9.84. The molecule has 0 saturated heterocycles. The molecule has 106 valence electrons. The van der Waals surface area contributed by atoms with E-state index in [0.717, 1.165) is 11.1 Å². The van der Waals surface area contributed by atoms with Crippen LogP contribution in [0.4, 0.5) is 0 Å². The van der Waals surface area contributed by atoms with Crippen LogP contribution in [0.5, 0.6) is 0 Å². The molecule has 2 heterocycles. The minimum Gasteiger partial charge on any atom is -0.318 e. The third-order valence-electron chi connectivity index (χ3n) is 3.89. The first-order valence-electron chi connectivity index (χ1n) is 6.77. The van der Waals surface area contributed by atoms with E-state index in [1.807, 2.05) is 13.8 Å². The third-order valence-corrected chi connectivity index (χ3v) is 3.89. The van der Waals surface area contributed by atoms with Crippen LogP contribution in [-0.4, -0.2) is 21.5 Å². The van der Waals surface area contributed by atoms with E-state index in [1.54, 1.807) is 13.1 Å². The molecule has 2 aromatic rings. The molecule has 0 atom stereocenters. The lowest BCUT2D eigenvalue weighted by Crippen LogP contribution is -2.29. The number of ketones is 2. The van der Waals surface area contributed by atoms with Crippen molar-refractivity contribution in [1.29, 1.82) is 0 Å². The molecule has 0 amide bonds. The number of pyridine rings is 2. The number of H-pyrrole nitrogens is 1. The van der Waals surface area contributed by atoms with Gasteiger partial charge in [0.25, 0.3) is 0 Å². The van der Waals surface area contributed by atoms with E-state index < -0.39 is 11.3 Å². The normalized spacial score (nSPS) is 13.1. The van der Waals surface area contributed by atoms with E-state index in [9.17, 15) is 14.4 Å². The number of aromatic amines is 1. The van der Waals surface area contributed by atoms with Gasteiger partial charge in [0.1, 0.15) is 11.4 Å². The molecule has 5 heteroatoms. The lowest BCUT2D eigenvalue weighted by molar-refractivity contribution is 0.0970. The average molecular weight is 282 g/mol. The summed E-state index contributed by atoms with van der Waals surface area (Å²) in [5, 5.41) is 0. The molecule has 1 aliphatic rings. The van der Waals surface area contributed by atoms with Gasteiger partial charge in [0.15, 0.2) is 5.78 Å². The molecule has 0 spiro atoms. The first-order chi connectivity index (χ1) is 9.95. The fourth-order valence-electron chi connectivity index (χ4n) is 2.91. The largest absolute Gasteiger partial charge is 0.318 e. The van der Waals surface area contributed by atoms with Crippen LogP contribution in [0.2, 0.25) is 0 Å². The Kier molecular flexibility index (Phi) is 2.86. The van der Waals surface area contributed by atoms with Gasteiger partial charge in [-0.25, -0.2) is 0 Å². The molecule has 2 aromatic heterocycles. The molecule has 0 bridgehead atoms. The van der Waals surface area contributed by atoms with Crippen LogP contribution in [-0.2, 0) is 6.42 Å². The van der Waals surface area contributed by atoms with E-state index >= 15 is 0 Å². The van der Waals surface area contributed by atoms with Crippen molar-refractivity contribution in [2.24, 2.45) is 0 Å². The van der Waals surface area contributed by atoms with Gasteiger partial charge in [0.05, 0.1) is 11.1 Å². The highest BCUT2D eigenvalue weighted by molar-refractivity contribution is 6.27. The summed E-state index contributed by atoms with van der Waals surface area (Å²) in [4.78, 5) is 43.5. The number of carbonyl (C=O) groups excluding carboxylic acids is 2. The number of aryl methyl sites for hydroxylation is 2. The van der Waals surface area contributed by atoms with E-state index in [4.69, 9.17) is 0 Å². The number of nitrogens with one attached hydrogen (secondary N) is 1. The topological polar surface area (TPSA) is 79.9 Å². The van der Waals surface area contributed by atoms with Crippen molar-refractivity contribution in [3.05, 3.63) is 61.8 Å². The molecular formula is C16H14N2O3. The Morgan fingerprint density at radius 2 is 1.76 bits per heavy atom. The molecule has 0 aliphatic heterocycles. The Hall–Kier alpha value is -2.56. The molecule has 1 aliphatic carbocycles. The maximum atomic E-state index is 12.8. The number of rotatable bonds is 1. The van der Waals surface area contributed by atoms with Gasteiger partial charge in [-0.1, -0.05) is 6.92 Å². The van der Waals surface area contributed by atoms with Crippen molar-refractivity contribution < 1.29 is 9.59 Å². The number of carbonyl (C=O) groups is 2. The maximum absolute atomic E-state index is 12.8. The highest BCUT2D eigenvalue weighted by atomic mass is 16.1. The second-order valence-electron chi connectivity index (χ2n) is 5.22. The lowest BCUT2D eigenvalue weighted by Gasteiger charge is -2.21. The van der Waals surface area contributed by atoms with Crippen LogP contribution in [0.3, 0.4) is 0 Å². The molecule has 0 aromatic carbocycles. The Morgan fingerprint density at radius 3 is 2.43 bits per heavy atom. The van der Waals surface area contributed by atoms with Crippen LogP contribution < -0.4 is 5.56 Å². The molecular weight excluding hydrogens is 268 g/mol. The predicted molar refractivity (Wildman–Crippen MR) is 77.0 cm³/mol. The van der Waals surface area contributed by atoms with Gasteiger partial charge in [-0.2, -0.15) is 0 Å². The summed E-state index contributed by atoms with van der Waals surface area (Å²) >= 11 is 0. The smallest absolute Gasteiger partial charge is 0.248 e. The standard InChI is InChI=1S/C16H14N2O3/c1-4-9-8(3)6-17-13-12(9)15(20)11-7(2)5-10(19)18-14(11)16(13)21/h5-6H,4H2,1-3H3,(H,18,19). The van der Waals surface area contributed by atoms with Crippen LogP contribution in [0.1, 0.15) is 55.7 Å². The van der Waals surface area contributed by atoms with Gasteiger partial charge in [0.2, 0.25) is 11.3 Å². The zero-order valence-electron chi connectivity index (χ0n) is 12.0. The Bertz CT molecular complexity index is 863. The van der Waals surface area contributed by atoms with Gasteiger partial charge in [-0.3, -0.25) is 19.4 Å². The van der Waals surface area contributed by atoms with Gasteiger partial charge in [-0.15, -0.1) is 0 Å². The number of hydrogen-bond acceptors (Lipinski definition) is 4. The van der Waals surface area contributed by atoms with E-state index in [0.29, 0.717) is 17.5 Å². The van der Waals surface area contributed by atoms with Crippen molar-refractivity contribution in [1.82, 2.24) is 9.97 Å². The summed E-state index contributed by atoms with van der Waals surface area (Å²) in [6.07, 6.45) is 2.25. The number of nitrogens with zero attached hydrogens (tertiary/aromatic N) is 1. The van der Waals surface area contributed by atoms with Crippen molar-refractivity contribution in [2.45, 2.75) is 27.2 Å². The SMILES string of the molecule is CCc1c(C)cnc2c1C(=O)c1c(C)cc(=O)[nH]c1C2=O. The second-order valence-corrected chi connectivity index (χ2v) is 5.22. The number of hydrogen-bond donors (Lipinski definition) is 1. The van der Waals surface area contributed by atoms with E-state index in [2.05, 4.69) is 9.97 Å². The van der Waals surface area contributed by atoms with Gasteiger partial charge < -0.3 is 4.98 Å². The minimum atomic E-state index is -0.393. The molecule has 0 fully saturated rings. The Balaban J connectivity index is 2.41. The molecule has 0 radical (unpaired) electrons. The molecule has 21 heavy (non-hydrogen) atoms. The van der Waals surface area contributed by atoms with E-state index in [1.165, 1.54) is 6.07 Å². The van der Waals surface area contributed by atoms with Crippen molar-refractivity contribution in [3.63, 3.8) is 0 Å². The predicted octanol–water partition coefficient (Wildman–Crippen LogP) is 1.72. The Morgan fingerprint density at radius 1 is 1.05 bits per heavy atom.